The Labute approximate surface area is 98.3 Å². The molecule has 0 aliphatic carbocycles. The van der Waals surface area contributed by atoms with Gasteiger partial charge in [0.1, 0.15) is 4.47 Å². The van der Waals surface area contributed by atoms with Gasteiger partial charge >= 0.3 is 5.82 Å². The van der Waals surface area contributed by atoms with E-state index >= 15 is 0 Å². The minimum atomic E-state index is -0.660. The summed E-state index contributed by atoms with van der Waals surface area (Å²) < 4.78 is 0.0455. The summed E-state index contributed by atoms with van der Waals surface area (Å²) in [5.74, 6) is -0.345. The lowest BCUT2D eigenvalue weighted by Gasteiger charge is -1.98. The zero-order valence-electron chi connectivity index (χ0n) is 7.36. The fourth-order valence-corrected chi connectivity index (χ4v) is 1.46. The molecular formula is C6H7BrN4O3S. The molecule has 15 heavy (non-hydrogen) atoms. The van der Waals surface area contributed by atoms with Crippen molar-refractivity contribution in [1.82, 2.24) is 15.5 Å². The molecule has 0 aliphatic rings. The highest BCUT2D eigenvalue weighted by Crippen LogP contribution is 2.25. The summed E-state index contributed by atoms with van der Waals surface area (Å²) in [5.41, 5.74) is -0.0384. The zero-order chi connectivity index (χ0) is 11.4. The van der Waals surface area contributed by atoms with E-state index in [0.29, 0.717) is 12.3 Å². The second-order valence-corrected chi connectivity index (χ2v) is 3.71. The molecule has 0 unspecified atom stereocenters. The van der Waals surface area contributed by atoms with Crippen LogP contribution in [0.2, 0.25) is 0 Å². The van der Waals surface area contributed by atoms with Crippen molar-refractivity contribution in [2.45, 2.75) is 0 Å². The topological polar surface area (TPSA) is 101 Å². The highest BCUT2D eigenvalue weighted by atomic mass is 79.9. The maximum absolute atomic E-state index is 11.4. The molecule has 1 amide bonds. The second-order valence-electron chi connectivity index (χ2n) is 2.47. The molecule has 2 N–H and O–H groups in total. The highest BCUT2D eigenvalue weighted by molar-refractivity contribution is 9.10. The summed E-state index contributed by atoms with van der Waals surface area (Å²) in [6.07, 6.45) is 0. The standard InChI is InChI=1S/C6H7BrN4O3S/c7-3-4(6(12)8-1-2-15)9-10-5(3)11(13)14/h15H,1-2H2,(H,8,12)(H,9,10). The Kier molecular flexibility index (Phi) is 4.09. The fourth-order valence-electron chi connectivity index (χ4n) is 0.844. The van der Waals surface area contributed by atoms with Crippen molar-refractivity contribution in [3.05, 3.63) is 20.3 Å². The maximum atomic E-state index is 11.4. The van der Waals surface area contributed by atoms with Crippen molar-refractivity contribution in [1.29, 1.82) is 0 Å². The van der Waals surface area contributed by atoms with Crippen LogP contribution in [0.3, 0.4) is 0 Å². The molecule has 1 aromatic heterocycles. The summed E-state index contributed by atoms with van der Waals surface area (Å²) in [6.45, 7) is 0.370. The number of rotatable bonds is 4. The van der Waals surface area contributed by atoms with Crippen LogP contribution in [-0.4, -0.2) is 33.3 Å². The summed E-state index contributed by atoms with van der Waals surface area (Å²) >= 11 is 6.84. The molecule has 0 saturated heterocycles. The number of thiol groups is 1. The first-order valence-electron chi connectivity index (χ1n) is 3.85. The van der Waals surface area contributed by atoms with Gasteiger partial charge in [0.05, 0.1) is 0 Å². The van der Waals surface area contributed by atoms with Crippen LogP contribution in [0.1, 0.15) is 10.5 Å². The number of H-pyrrole nitrogens is 1. The number of nitro groups is 1. The lowest BCUT2D eigenvalue weighted by atomic mass is 10.4. The first-order valence-corrected chi connectivity index (χ1v) is 5.27. The first-order chi connectivity index (χ1) is 7.07. The molecule has 1 heterocycles. The Bertz CT molecular complexity index is 394. The van der Waals surface area contributed by atoms with Crippen LogP contribution in [0.4, 0.5) is 5.82 Å². The summed E-state index contributed by atoms with van der Waals surface area (Å²) in [5, 5.41) is 18.6. The van der Waals surface area contributed by atoms with Gasteiger partial charge in [0.2, 0.25) is 0 Å². The van der Waals surface area contributed by atoms with Gasteiger partial charge in [-0.25, -0.2) is 0 Å². The Hall–Kier alpha value is -1.09. The lowest BCUT2D eigenvalue weighted by Crippen LogP contribution is -2.25. The molecule has 9 heteroatoms. The summed E-state index contributed by atoms with van der Waals surface area (Å²) in [4.78, 5) is 21.2. The average Bonchev–Trinajstić information content (AvgIpc) is 2.56. The van der Waals surface area contributed by atoms with E-state index in [0.717, 1.165) is 0 Å². The van der Waals surface area contributed by atoms with Gasteiger partial charge in [-0.1, -0.05) is 5.10 Å². The van der Waals surface area contributed by atoms with E-state index in [2.05, 4.69) is 44.1 Å². The van der Waals surface area contributed by atoms with Crippen LogP contribution in [0, 0.1) is 10.1 Å². The van der Waals surface area contributed by atoms with Crippen molar-refractivity contribution in [3.63, 3.8) is 0 Å². The van der Waals surface area contributed by atoms with Crippen molar-refractivity contribution in [3.8, 4) is 0 Å². The third-order valence-corrected chi connectivity index (χ3v) is 2.46. The van der Waals surface area contributed by atoms with Crippen LogP contribution < -0.4 is 5.32 Å². The van der Waals surface area contributed by atoms with Gasteiger partial charge in [0.15, 0.2) is 5.69 Å². The minimum Gasteiger partial charge on any atom is -0.358 e. The van der Waals surface area contributed by atoms with Crippen LogP contribution in [-0.2, 0) is 0 Å². The Morgan fingerprint density at radius 1 is 1.73 bits per heavy atom. The molecule has 0 aliphatic heterocycles. The number of amides is 1. The predicted molar refractivity (Wildman–Crippen MR) is 59.1 cm³/mol. The van der Waals surface area contributed by atoms with Gasteiger partial charge in [-0.3, -0.25) is 4.79 Å². The average molecular weight is 295 g/mol. The molecular weight excluding hydrogens is 288 g/mol. The smallest absolute Gasteiger partial charge is 0.357 e. The summed E-state index contributed by atoms with van der Waals surface area (Å²) in [6, 6.07) is 0. The van der Waals surface area contributed by atoms with E-state index < -0.39 is 10.8 Å². The second kappa shape index (κ2) is 5.12. The highest BCUT2D eigenvalue weighted by Gasteiger charge is 2.24. The van der Waals surface area contributed by atoms with Crippen molar-refractivity contribution >= 4 is 40.3 Å². The van der Waals surface area contributed by atoms with Crippen molar-refractivity contribution in [2.24, 2.45) is 0 Å². The number of hydrogen-bond donors (Lipinski definition) is 3. The van der Waals surface area contributed by atoms with E-state index in [1.165, 1.54) is 0 Å². The largest absolute Gasteiger partial charge is 0.358 e. The molecule has 0 bridgehead atoms. The van der Waals surface area contributed by atoms with Crippen LogP contribution >= 0.6 is 28.6 Å². The SMILES string of the molecule is O=C(NCCS)c1n[nH]c([N+](=O)[O-])c1Br. The van der Waals surface area contributed by atoms with Gasteiger partial charge in [0.25, 0.3) is 5.91 Å². The molecule has 0 saturated carbocycles. The number of hydrogen-bond acceptors (Lipinski definition) is 5. The monoisotopic (exact) mass is 294 g/mol. The molecule has 0 atom stereocenters. The molecule has 1 aromatic rings. The number of halogens is 1. The normalized spacial score (nSPS) is 10.0. The minimum absolute atomic E-state index is 0.0384. The molecule has 0 fully saturated rings. The molecule has 0 radical (unpaired) electrons. The van der Waals surface area contributed by atoms with Gasteiger partial charge < -0.3 is 15.4 Å². The number of carbonyl (C=O) groups is 1. The lowest BCUT2D eigenvalue weighted by molar-refractivity contribution is -0.390. The van der Waals surface area contributed by atoms with E-state index in [4.69, 9.17) is 0 Å². The van der Waals surface area contributed by atoms with E-state index in [1.54, 1.807) is 0 Å². The molecule has 0 aromatic carbocycles. The van der Waals surface area contributed by atoms with E-state index in [9.17, 15) is 14.9 Å². The number of nitrogens with one attached hydrogen (secondary N) is 2. The zero-order valence-corrected chi connectivity index (χ0v) is 9.84. The predicted octanol–water partition coefficient (Wildman–Crippen LogP) is 0.740. The van der Waals surface area contributed by atoms with Crippen LogP contribution in [0.5, 0.6) is 0 Å². The van der Waals surface area contributed by atoms with Gasteiger partial charge in [-0.2, -0.15) is 12.6 Å². The number of carbonyl (C=O) groups excluding carboxylic acids is 1. The third-order valence-electron chi connectivity index (χ3n) is 1.48. The maximum Gasteiger partial charge on any atom is 0.357 e. The van der Waals surface area contributed by atoms with Crippen molar-refractivity contribution < 1.29 is 9.72 Å². The van der Waals surface area contributed by atoms with Gasteiger partial charge in [-0.05, 0) is 20.9 Å². The Balaban J connectivity index is 2.86. The fraction of sp³-hybridized carbons (Fsp3) is 0.333. The van der Waals surface area contributed by atoms with Gasteiger partial charge in [0, 0.05) is 12.3 Å². The Morgan fingerprint density at radius 3 is 2.87 bits per heavy atom. The third kappa shape index (κ3) is 2.69. The van der Waals surface area contributed by atoms with E-state index in [-0.39, 0.29) is 16.0 Å². The molecule has 1 rings (SSSR count). The van der Waals surface area contributed by atoms with Crippen LogP contribution in [0.25, 0.3) is 0 Å². The van der Waals surface area contributed by atoms with Gasteiger partial charge in [-0.15, -0.1) is 5.10 Å². The molecule has 82 valence electrons. The molecule has 7 nitrogen and oxygen atoms in total. The van der Waals surface area contributed by atoms with E-state index in [1.807, 2.05) is 0 Å². The first kappa shape index (κ1) is 12.0. The number of aromatic amines is 1. The molecule has 0 spiro atoms. The Morgan fingerprint density at radius 2 is 2.40 bits per heavy atom. The number of nitrogens with zero attached hydrogens (tertiary/aromatic N) is 2. The van der Waals surface area contributed by atoms with Crippen molar-refractivity contribution in [2.75, 3.05) is 12.3 Å². The quantitative estimate of drug-likeness (QED) is 0.433. The number of aromatic nitrogens is 2. The summed E-state index contributed by atoms with van der Waals surface area (Å²) in [7, 11) is 0. The van der Waals surface area contributed by atoms with Crippen LogP contribution in [0.15, 0.2) is 4.47 Å².